The summed E-state index contributed by atoms with van der Waals surface area (Å²) in [5.74, 6) is -0.462. The van der Waals surface area contributed by atoms with Crippen molar-refractivity contribution in [1.82, 2.24) is 15.2 Å². The maximum atomic E-state index is 12.0. The van der Waals surface area contributed by atoms with Crippen LogP contribution >= 0.6 is 0 Å². The van der Waals surface area contributed by atoms with E-state index in [1.807, 2.05) is 0 Å². The number of nitrogens with zero attached hydrogens (tertiary/aromatic N) is 2. The van der Waals surface area contributed by atoms with Crippen molar-refractivity contribution in [3.63, 3.8) is 0 Å². The van der Waals surface area contributed by atoms with E-state index < -0.39 is 0 Å². The Hall–Kier alpha value is -1.75. The Bertz CT molecular complexity index is 431. The van der Waals surface area contributed by atoms with E-state index in [-0.39, 0.29) is 17.9 Å². The molecule has 16 heavy (non-hydrogen) atoms. The summed E-state index contributed by atoms with van der Waals surface area (Å²) in [6.45, 7) is 1.54. The van der Waals surface area contributed by atoms with Crippen molar-refractivity contribution < 1.29 is 9.59 Å². The number of imide groups is 1. The van der Waals surface area contributed by atoms with Gasteiger partial charge in [-0.05, 0) is 25.1 Å². The molecule has 2 aliphatic heterocycles. The molecule has 0 spiro atoms. The predicted molar refractivity (Wildman–Crippen MR) is 56.0 cm³/mol. The first kappa shape index (κ1) is 9.47. The van der Waals surface area contributed by atoms with Crippen LogP contribution < -0.4 is 5.32 Å². The maximum Gasteiger partial charge on any atom is 0.280 e. The van der Waals surface area contributed by atoms with Crippen molar-refractivity contribution in [3.8, 4) is 0 Å². The zero-order valence-electron chi connectivity index (χ0n) is 8.64. The third-order valence-electron chi connectivity index (χ3n) is 3.08. The van der Waals surface area contributed by atoms with E-state index in [9.17, 15) is 9.59 Å². The van der Waals surface area contributed by atoms with Crippen LogP contribution in [0.1, 0.15) is 27.3 Å². The lowest BCUT2D eigenvalue weighted by atomic mass is 10.2. The smallest absolute Gasteiger partial charge is 0.280 e. The lowest BCUT2D eigenvalue weighted by Crippen LogP contribution is -2.41. The predicted octanol–water partition coefficient (Wildman–Crippen LogP) is 0.0395. The van der Waals surface area contributed by atoms with E-state index in [4.69, 9.17) is 0 Å². The number of pyridine rings is 1. The Balaban J connectivity index is 2.00. The van der Waals surface area contributed by atoms with Crippen molar-refractivity contribution in [2.75, 3.05) is 13.1 Å². The van der Waals surface area contributed by atoms with Gasteiger partial charge in [0.15, 0.2) is 0 Å². The standard InChI is InChI=1S/C11H11N3O2/c15-10-8-2-1-4-13-9(8)11(16)14(10)7-3-5-12-6-7/h1-2,4,7,12H,3,5-6H2. The van der Waals surface area contributed by atoms with Gasteiger partial charge in [-0.3, -0.25) is 19.5 Å². The highest BCUT2D eigenvalue weighted by molar-refractivity contribution is 6.20. The molecule has 1 aromatic rings. The summed E-state index contributed by atoms with van der Waals surface area (Å²) in [6, 6.07) is 3.32. The average Bonchev–Trinajstić information content (AvgIpc) is 2.89. The Morgan fingerprint density at radius 3 is 2.94 bits per heavy atom. The summed E-state index contributed by atoms with van der Waals surface area (Å²) in [4.78, 5) is 29.4. The third kappa shape index (κ3) is 1.18. The highest BCUT2D eigenvalue weighted by Crippen LogP contribution is 2.24. The molecule has 1 fully saturated rings. The fourth-order valence-corrected chi connectivity index (χ4v) is 2.28. The fourth-order valence-electron chi connectivity index (χ4n) is 2.28. The molecule has 0 bridgehead atoms. The monoisotopic (exact) mass is 217 g/mol. The summed E-state index contributed by atoms with van der Waals surface area (Å²) in [5, 5.41) is 3.15. The van der Waals surface area contributed by atoms with Gasteiger partial charge in [-0.2, -0.15) is 0 Å². The van der Waals surface area contributed by atoms with E-state index in [2.05, 4.69) is 10.3 Å². The Kier molecular flexibility index (Phi) is 2.00. The van der Waals surface area contributed by atoms with Crippen LogP contribution in [0.3, 0.4) is 0 Å². The molecule has 1 unspecified atom stereocenters. The van der Waals surface area contributed by atoms with Gasteiger partial charge in [-0.15, -0.1) is 0 Å². The van der Waals surface area contributed by atoms with Crippen molar-refractivity contribution in [3.05, 3.63) is 29.6 Å². The molecule has 82 valence electrons. The first-order valence-corrected chi connectivity index (χ1v) is 5.32. The molecule has 0 aromatic carbocycles. The summed E-state index contributed by atoms with van der Waals surface area (Å²) in [5.41, 5.74) is 0.721. The van der Waals surface area contributed by atoms with Crippen LogP contribution in [0.25, 0.3) is 0 Å². The molecule has 3 rings (SSSR count). The molecule has 1 atom stereocenters. The van der Waals surface area contributed by atoms with Gasteiger partial charge in [0.25, 0.3) is 11.8 Å². The van der Waals surface area contributed by atoms with Gasteiger partial charge in [0, 0.05) is 12.7 Å². The molecule has 1 saturated heterocycles. The average molecular weight is 217 g/mol. The molecule has 5 heteroatoms. The second kappa shape index (κ2) is 3.38. The van der Waals surface area contributed by atoms with Gasteiger partial charge < -0.3 is 5.32 Å². The maximum absolute atomic E-state index is 12.0. The van der Waals surface area contributed by atoms with Gasteiger partial charge in [-0.1, -0.05) is 0 Å². The molecule has 0 aliphatic carbocycles. The molecule has 1 N–H and O–H groups in total. The number of hydrogen-bond donors (Lipinski definition) is 1. The highest BCUT2D eigenvalue weighted by Gasteiger charge is 2.41. The topological polar surface area (TPSA) is 62.3 Å². The minimum absolute atomic E-state index is 0.0193. The zero-order valence-corrected chi connectivity index (χ0v) is 8.64. The second-order valence-electron chi connectivity index (χ2n) is 4.03. The van der Waals surface area contributed by atoms with Crippen LogP contribution in [0.15, 0.2) is 18.3 Å². The lowest BCUT2D eigenvalue weighted by Gasteiger charge is -2.20. The first-order valence-electron chi connectivity index (χ1n) is 5.32. The van der Waals surface area contributed by atoms with Gasteiger partial charge in [0.2, 0.25) is 0 Å². The zero-order chi connectivity index (χ0) is 11.1. The Morgan fingerprint density at radius 1 is 1.38 bits per heavy atom. The minimum Gasteiger partial charge on any atom is -0.315 e. The summed E-state index contributed by atoms with van der Waals surface area (Å²) in [7, 11) is 0. The lowest BCUT2D eigenvalue weighted by molar-refractivity contribution is 0.0595. The number of carbonyl (C=O) groups excluding carboxylic acids is 2. The summed E-state index contributed by atoms with van der Waals surface area (Å²) >= 11 is 0. The quantitative estimate of drug-likeness (QED) is 0.675. The van der Waals surface area contributed by atoms with Crippen molar-refractivity contribution in [2.24, 2.45) is 0 Å². The molecule has 2 aliphatic rings. The highest BCUT2D eigenvalue weighted by atomic mass is 16.2. The molecule has 0 saturated carbocycles. The number of fused-ring (bicyclic) bond motifs is 1. The van der Waals surface area contributed by atoms with E-state index in [1.54, 1.807) is 18.3 Å². The largest absolute Gasteiger partial charge is 0.315 e. The number of amides is 2. The Morgan fingerprint density at radius 2 is 2.25 bits per heavy atom. The molecule has 2 amide bonds. The number of aromatic nitrogens is 1. The molecule has 0 radical (unpaired) electrons. The molecular formula is C11H11N3O2. The van der Waals surface area contributed by atoms with Crippen molar-refractivity contribution in [2.45, 2.75) is 12.5 Å². The summed E-state index contributed by atoms with van der Waals surface area (Å²) < 4.78 is 0. The van der Waals surface area contributed by atoms with Crippen LogP contribution in [0.5, 0.6) is 0 Å². The third-order valence-corrected chi connectivity index (χ3v) is 3.08. The van der Waals surface area contributed by atoms with E-state index in [1.165, 1.54) is 4.90 Å². The van der Waals surface area contributed by atoms with E-state index in [0.717, 1.165) is 13.0 Å². The first-order chi connectivity index (χ1) is 7.79. The van der Waals surface area contributed by atoms with Crippen LogP contribution in [-0.2, 0) is 0 Å². The minimum atomic E-state index is -0.255. The normalized spacial score (nSPS) is 24.0. The van der Waals surface area contributed by atoms with E-state index in [0.29, 0.717) is 17.8 Å². The number of hydrogen-bond acceptors (Lipinski definition) is 4. The Labute approximate surface area is 92.5 Å². The molecule has 1 aromatic heterocycles. The van der Waals surface area contributed by atoms with Crippen LogP contribution in [0, 0.1) is 0 Å². The fraction of sp³-hybridized carbons (Fsp3) is 0.364. The van der Waals surface area contributed by atoms with Gasteiger partial charge in [-0.25, -0.2) is 0 Å². The number of carbonyl (C=O) groups is 2. The number of rotatable bonds is 1. The molecular weight excluding hydrogens is 206 g/mol. The molecule has 5 nitrogen and oxygen atoms in total. The molecule has 3 heterocycles. The number of nitrogens with one attached hydrogen (secondary N) is 1. The van der Waals surface area contributed by atoms with Gasteiger partial charge in [0.05, 0.1) is 11.6 Å². The van der Waals surface area contributed by atoms with Crippen LogP contribution in [-0.4, -0.2) is 40.8 Å². The van der Waals surface area contributed by atoms with Crippen molar-refractivity contribution in [1.29, 1.82) is 0 Å². The van der Waals surface area contributed by atoms with Crippen LogP contribution in [0.2, 0.25) is 0 Å². The second-order valence-corrected chi connectivity index (χ2v) is 4.03. The SMILES string of the molecule is O=C1c2cccnc2C(=O)N1C1CCNC1. The van der Waals surface area contributed by atoms with E-state index >= 15 is 0 Å². The van der Waals surface area contributed by atoms with Gasteiger partial charge in [0.1, 0.15) is 5.69 Å². The van der Waals surface area contributed by atoms with Crippen LogP contribution in [0.4, 0.5) is 0 Å². The van der Waals surface area contributed by atoms with Crippen molar-refractivity contribution >= 4 is 11.8 Å². The summed E-state index contributed by atoms with van der Waals surface area (Å²) in [6.07, 6.45) is 2.37. The van der Waals surface area contributed by atoms with Gasteiger partial charge >= 0.3 is 0 Å².